The lowest BCUT2D eigenvalue weighted by atomic mass is 10.2. The Kier molecular flexibility index (Phi) is 6.28. The van der Waals surface area contributed by atoms with Gasteiger partial charge in [0.1, 0.15) is 0 Å². The molecular weight excluding hydrogens is 254 g/mol. The maximum atomic E-state index is 12.0. The van der Waals surface area contributed by atoms with Crippen molar-refractivity contribution in [3.8, 4) is 0 Å². The smallest absolute Gasteiger partial charge is 0.240 e. The monoisotopic (exact) mass is 273 g/mol. The molecule has 6 heteroatoms. The van der Waals surface area contributed by atoms with E-state index < -0.39 is 10.0 Å². The lowest BCUT2D eigenvalue weighted by Crippen LogP contribution is -2.26. The lowest BCUT2D eigenvalue weighted by Gasteiger charge is -2.09. The third kappa shape index (κ3) is 4.38. The van der Waals surface area contributed by atoms with Crippen LogP contribution in [0.15, 0.2) is 29.2 Å². The first-order valence-corrected chi connectivity index (χ1v) is 7.27. The minimum Gasteiger partial charge on any atom is -0.392 e. The molecule has 0 spiro atoms. The van der Waals surface area contributed by atoms with Gasteiger partial charge in [0.2, 0.25) is 10.0 Å². The predicted octanol–water partition coefficient (Wildman–Crippen LogP) is 0.884. The average molecular weight is 273 g/mol. The van der Waals surface area contributed by atoms with Crippen molar-refractivity contribution in [2.75, 3.05) is 20.3 Å². The van der Waals surface area contributed by atoms with E-state index in [2.05, 4.69) is 4.72 Å². The minimum absolute atomic E-state index is 0.138. The molecule has 0 atom stereocenters. The number of nitrogens with one attached hydrogen (secondary N) is 1. The van der Waals surface area contributed by atoms with E-state index in [4.69, 9.17) is 9.84 Å². The van der Waals surface area contributed by atoms with E-state index in [0.717, 1.165) is 6.42 Å². The molecule has 0 aliphatic carbocycles. The summed E-state index contributed by atoms with van der Waals surface area (Å²) in [5, 5.41) is 9.11. The molecule has 0 fully saturated rings. The summed E-state index contributed by atoms with van der Waals surface area (Å²) in [4.78, 5) is 0.138. The number of sulfonamides is 1. The first kappa shape index (κ1) is 15.1. The second-order valence-corrected chi connectivity index (χ2v) is 5.60. The van der Waals surface area contributed by atoms with Crippen molar-refractivity contribution in [3.63, 3.8) is 0 Å². The summed E-state index contributed by atoms with van der Waals surface area (Å²) < 4.78 is 31.4. The highest BCUT2D eigenvalue weighted by Gasteiger charge is 2.16. The summed E-state index contributed by atoms with van der Waals surface area (Å²) in [5.74, 6) is 0. The summed E-state index contributed by atoms with van der Waals surface area (Å²) in [7, 11) is -1.93. The van der Waals surface area contributed by atoms with E-state index in [1.54, 1.807) is 25.3 Å². The van der Waals surface area contributed by atoms with Crippen molar-refractivity contribution in [1.29, 1.82) is 0 Å². The first-order valence-electron chi connectivity index (χ1n) is 5.79. The zero-order valence-corrected chi connectivity index (χ0v) is 11.2. The molecule has 0 heterocycles. The van der Waals surface area contributed by atoms with Crippen molar-refractivity contribution in [3.05, 3.63) is 29.8 Å². The lowest BCUT2D eigenvalue weighted by molar-refractivity contribution is 0.193. The van der Waals surface area contributed by atoms with Crippen LogP contribution in [-0.2, 0) is 21.4 Å². The van der Waals surface area contributed by atoms with Crippen LogP contribution in [0.3, 0.4) is 0 Å². The number of hydrogen-bond acceptors (Lipinski definition) is 4. The first-order chi connectivity index (χ1) is 8.61. The van der Waals surface area contributed by atoms with Gasteiger partial charge in [0, 0.05) is 20.3 Å². The van der Waals surface area contributed by atoms with Crippen molar-refractivity contribution in [2.24, 2.45) is 0 Å². The van der Waals surface area contributed by atoms with Crippen LogP contribution >= 0.6 is 0 Å². The molecule has 0 bridgehead atoms. The fourth-order valence-electron chi connectivity index (χ4n) is 1.55. The Balaban J connectivity index is 2.63. The molecule has 0 aromatic heterocycles. The van der Waals surface area contributed by atoms with Crippen molar-refractivity contribution < 1.29 is 18.3 Å². The zero-order valence-electron chi connectivity index (χ0n) is 10.4. The molecule has 1 aromatic rings. The molecule has 18 heavy (non-hydrogen) atoms. The van der Waals surface area contributed by atoms with Crippen molar-refractivity contribution in [1.82, 2.24) is 4.72 Å². The Morgan fingerprint density at radius 2 is 2.00 bits per heavy atom. The SMILES string of the molecule is COCCCCNS(=O)(=O)c1ccccc1CO. The number of methoxy groups -OCH3 is 1. The topological polar surface area (TPSA) is 75.6 Å². The highest BCUT2D eigenvalue weighted by Crippen LogP contribution is 2.14. The van der Waals surface area contributed by atoms with Gasteiger partial charge in [-0.3, -0.25) is 0 Å². The molecular formula is C12H19NO4S. The van der Waals surface area contributed by atoms with Crippen LogP contribution in [0.2, 0.25) is 0 Å². The molecule has 5 nitrogen and oxygen atoms in total. The van der Waals surface area contributed by atoms with Gasteiger partial charge in [-0.25, -0.2) is 13.1 Å². The molecule has 2 N–H and O–H groups in total. The molecule has 0 saturated heterocycles. The molecule has 1 rings (SSSR count). The fourth-order valence-corrected chi connectivity index (χ4v) is 2.86. The minimum atomic E-state index is -3.54. The average Bonchev–Trinajstić information content (AvgIpc) is 2.38. The van der Waals surface area contributed by atoms with E-state index in [1.165, 1.54) is 6.07 Å². The van der Waals surface area contributed by atoms with Gasteiger partial charge in [0.05, 0.1) is 11.5 Å². The normalized spacial score (nSPS) is 11.7. The Morgan fingerprint density at radius 3 is 2.67 bits per heavy atom. The van der Waals surface area contributed by atoms with Gasteiger partial charge < -0.3 is 9.84 Å². The fraction of sp³-hybridized carbons (Fsp3) is 0.500. The standard InChI is InChI=1S/C12H19NO4S/c1-17-9-5-4-8-13-18(15,16)12-7-3-2-6-11(12)10-14/h2-3,6-7,13-14H,4-5,8-10H2,1H3. The number of hydrogen-bond donors (Lipinski definition) is 2. The molecule has 0 aliphatic rings. The number of rotatable bonds is 8. The summed E-state index contributed by atoms with van der Waals surface area (Å²) in [6.07, 6.45) is 1.52. The summed E-state index contributed by atoms with van der Waals surface area (Å²) in [5.41, 5.74) is 0.405. The van der Waals surface area contributed by atoms with Crippen molar-refractivity contribution >= 4 is 10.0 Å². The number of aliphatic hydroxyl groups is 1. The number of unbranched alkanes of at least 4 members (excludes halogenated alkanes) is 1. The highest BCUT2D eigenvalue weighted by molar-refractivity contribution is 7.89. The number of ether oxygens (including phenoxy) is 1. The van der Waals surface area contributed by atoms with Crippen LogP contribution in [0, 0.1) is 0 Å². The van der Waals surface area contributed by atoms with E-state index >= 15 is 0 Å². The number of benzene rings is 1. The Labute approximate surface area is 108 Å². The van der Waals surface area contributed by atoms with Crippen LogP contribution in [-0.4, -0.2) is 33.8 Å². The summed E-state index contributed by atoms with van der Waals surface area (Å²) >= 11 is 0. The van der Waals surface area contributed by atoms with E-state index in [1.807, 2.05) is 0 Å². The Morgan fingerprint density at radius 1 is 1.28 bits per heavy atom. The summed E-state index contributed by atoms with van der Waals surface area (Å²) in [6.45, 7) is 0.696. The van der Waals surface area contributed by atoms with Gasteiger partial charge in [0.15, 0.2) is 0 Å². The van der Waals surface area contributed by atoms with E-state index in [9.17, 15) is 8.42 Å². The van der Waals surface area contributed by atoms with Crippen molar-refractivity contribution in [2.45, 2.75) is 24.3 Å². The van der Waals surface area contributed by atoms with Crippen LogP contribution < -0.4 is 4.72 Å². The van der Waals surface area contributed by atoms with Gasteiger partial charge in [-0.1, -0.05) is 18.2 Å². The Bertz CT molecular complexity index is 459. The third-order valence-corrected chi connectivity index (χ3v) is 4.06. The van der Waals surface area contributed by atoms with E-state index in [-0.39, 0.29) is 11.5 Å². The van der Waals surface area contributed by atoms with Crippen LogP contribution in [0.5, 0.6) is 0 Å². The second kappa shape index (κ2) is 7.48. The molecule has 102 valence electrons. The quantitative estimate of drug-likeness (QED) is 0.690. The molecule has 0 unspecified atom stereocenters. The molecule has 0 amide bonds. The van der Waals surface area contributed by atoms with Gasteiger partial charge in [-0.05, 0) is 24.5 Å². The zero-order chi connectivity index (χ0) is 13.4. The van der Waals surface area contributed by atoms with Gasteiger partial charge >= 0.3 is 0 Å². The second-order valence-electron chi connectivity index (χ2n) is 3.86. The van der Waals surface area contributed by atoms with Crippen LogP contribution in [0.25, 0.3) is 0 Å². The molecule has 0 aliphatic heterocycles. The van der Waals surface area contributed by atoms with E-state index in [0.29, 0.717) is 25.1 Å². The maximum Gasteiger partial charge on any atom is 0.240 e. The predicted molar refractivity (Wildman–Crippen MR) is 68.7 cm³/mol. The molecule has 1 aromatic carbocycles. The van der Waals surface area contributed by atoms with Crippen LogP contribution in [0.4, 0.5) is 0 Å². The van der Waals surface area contributed by atoms with Crippen LogP contribution in [0.1, 0.15) is 18.4 Å². The van der Waals surface area contributed by atoms with Gasteiger partial charge in [0.25, 0.3) is 0 Å². The largest absolute Gasteiger partial charge is 0.392 e. The van der Waals surface area contributed by atoms with Gasteiger partial charge in [-0.15, -0.1) is 0 Å². The summed E-state index contributed by atoms with van der Waals surface area (Å²) in [6, 6.07) is 6.42. The highest BCUT2D eigenvalue weighted by atomic mass is 32.2. The van der Waals surface area contributed by atoms with Gasteiger partial charge in [-0.2, -0.15) is 0 Å². The third-order valence-electron chi connectivity index (χ3n) is 2.50. The number of aliphatic hydroxyl groups excluding tert-OH is 1. The molecule has 0 radical (unpaired) electrons. The Hall–Kier alpha value is -0.950. The molecule has 0 saturated carbocycles. The maximum absolute atomic E-state index is 12.0.